The number of methoxy groups -OCH3 is 1. The molecule has 2 N–H and O–H groups in total. The Morgan fingerprint density at radius 3 is 2.58 bits per heavy atom. The number of nitriles is 2. The van der Waals surface area contributed by atoms with Crippen molar-refractivity contribution in [3.63, 3.8) is 0 Å². The molecule has 19 heavy (non-hydrogen) atoms. The van der Waals surface area contributed by atoms with Crippen molar-refractivity contribution in [2.45, 2.75) is 0 Å². The Morgan fingerprint density at radius 1 is 1.37 bits per heavy atom. The third-order valence-electron chi connectivity index (χ3n) is 2.18. The number of benzene rings is 1. The van der Waals surface area contributed by atoms with Crippen LogP contribution in [0, 0.1) is 22.7 Å². The highest BCUT2D eigenvalue weighted by Gasteiger charge is 2.11. The molecule has 0 saturated carbocycles. The van der Waals surface area contributed by atoms with Crippen LogP contribution in [0.15, 0.2) is 23.3 Å². The maximum atomic E-state index is 11.6. The van der Waals surface area contributed by atoms with E-state index in [0.717, 1.165) is 0 Å². The minimum Gasteiger partial charge on any atom is -0.496 e. The molecular formula is C12H11N5O2. The second kappa shape index (κ2) is 6.62. The van der Waals surface area contributed by atoms with E-state index in [1.807, 2.05) is 0 Å². The van der Waals surface area contributed by atoms with E-state index in [-0.39, 0.29) is 11.6 Å². The van der Waals surface area contributed by atoms with E-state index in [0.29, 0.717) is 17.0 Å². The Hall–Kier alpha value is -3.06. The van der Waals surface area contributed by atoms with Crippen molar-refractivity contribution < 1.29 is 9.53 Å². The van der Waals surface area contributed by atoms with Gasteiger partial charge in [0.15, 0.2) is 0 Å². The van der Waals surface area contributed by atoms with Gasteiger partial charge < -0.3 is 10.1 Å². The molecule has 1 rings (SSSR count). The number of hydrogen-bond acceptors (Lipinski definition) is 6. The molecule has 0 atom stereocenters. The Labute approximate surface area is 110 Å². The fourth-order valence-electron chi connectivity index (χ4n) is 1.29. The van der Waals surface area contributed by atoms with E-state index in [9.17, 15) is 4.79 Å². The van der Waals surface area contributed by atoms with Gasteiger partial charge in [0.2, 0.25) is 5.71 Å². The first-order valence-corrected chi connectivity index (χ1v) is 5.20. The molecule has 0 aliphatic carbocycles. The number of carbonyl (C=O) groups excluding carboxylic acids is 1. The third-order valence-corrected chi connectivity index (χ3v) is 2.18. The zero-order chi connectivity index (χ0) is 14.3. The summed E-state index contributed by atoms with van der Waals surface area (Å²) in [5, 5.41) is 23.1. The number of nitrogens with one attached hydrogen (secondary N) is 2. The smallest absolute Gasteiger partial charge is 0.254 e. The molecule has 7 heteroatoms. The maximum absolute atomic E-state index is 11.6. The summed E-state index contributed by atoms with van der Waals surface area (Å²) < 4.78 is 5.06. The zero-order valence-electron chi connectivity index (χ0n) is 10.4. The molecule has 0 bridgehead atoms. The van der Waals surface area contributed by atoms with Crippen LogP contribution in [0.4, 0.5) is 5.69 Å². The lowest BCUT2D eigenvalue weighted by Gasteiger charge is -2.09. The number of hydrogen-bond donors (Lipinski definition) is 2. The number of ether oxygens (including phenoxy) is 1. The van der Waals surface area contributed by atoms with Gasteiger partial charge in [0.1, 0.15) is 17.9 Å². The molecular weight excluding hydrogens is 246 g/mol. The lowest BCUT2D eigenvalue weighted by molar-refractivity contribution is 0.0960. The van der Waals surface area contributed by atoms with Crippen molar-refractivity contribution >= 4 is 17.3 Å². The monoisotopic (exact) mass is 257 g/mol. The molecule has 0 heterocycles. The molecule has 1 amide bonds. The lowest BCUT2D eigenvalue weighted by Crippen LogP contribution is -2.18. The molecule has 0 aliphatic heterocycles. The first kappa shape index (κ1) is 14.0. The summed E-state index contributed by atoms with van der Waals surface area (Å²) in [7, 11) is 2.96. The summed E-state index contributed by atoms with van der Waals surface area (Å²) in [6.07, 6.45) is 0. The van der Waals surface area contributed by atoms with Gasteiger partial charge in [-0.3, -0.25) is 10.2 Å². The number of rotatable bonds is 4. The van der Waals surface area contributed by atoms with Gasteiger partial charge in [0, 0.05) is 7.05 Å². The average Bonchev–Trinajstić information content (AvgIpc) is 2.47. The van der Waals surface area contributed by atoms with Crippen LogP contribution in [0.1, 0.15) is 10.4 Å². The Balaban J connectivity index is 3.07. The Kier molecular flexibility index (Phi) is 4.88. The standard InChI is InChI=1S/C12H11N5O2/c1-15-12(18)10-5-8(3-4-11(10)19-2)16-17-9(6-13)7-14/h3-5,16H,1-2H3,(H,15,18). The van der Waals surface area contributed by atoms with Crippen LogP contribution in [0.2, 0.25) is 0 Å². The largest absolute Gasteiger partial charge is 0.496 e. The number of carbonyl (C=O) groups is 1. The molecule has 0 spiro atoms. The van der Waals surface area contributed by atoms with Gasteiger partial charge in [-0.2, -0.15) is 15.6 Å². The van der Waals surface area contributed by atoms with Crippen molar-refractivity contribution in [3.05, 3.63) is 23.8 Å². The molecule has 0 fully saturated rings. The van der Waals surface area contributed by atoms with E-state index < -0.39 is 0 Å². The number of nitrogens with zero attached hydrogens (tertiary/aromatic N) is 3. The van der Waals surface area contributed by atoms with E-state index in [4.69, 9.17) is 15.3 Å². The van der Waals surface area contributed by atoms with Crippen LogP contribution in [0.5, 0.6) is 5.75 Å². The van der Waals surface area contributed by atoms with Gasteiger partial charge in [0.25, 0.3) is 5.91 Å². The predicted molar refractivity (Wildman–Crippen MR) is 68.7 cm³/mol. The summed E-state index contributed by atoms with van der Waals surface area (Å²) in [6, 6.07) is 7.93. The molecule has 1 aromatic carbocycles. The summed E-state index contributed by atoms with van der Waals surface area (Å²) in [5.74, 6) is 0.0972. The van der Waals surface area contributed by atoms with E-state index in [1.54, 1.807) is 24.3 Å². The van der Waals surface area contributed by atoms with Crippen LogP contribution in [0.3, 0.4) is 0 Å². The van der Waals surface area contributed by atoms with Gasteiger partial charge in [-0.1, -0.05) is 0 Å². The molecule has 0 unspecified atom stereocenters. The average molecular weight is 257 g/mol. The summed E-state index contributed by atoms with van der Waals surface area (Å²) in [5.41, 5.74) is 3.00. The SMILES string of the molecule is CNC(=O)c1cc(NN=C(C#N)C#N)ccc1OC. The second-order valence-corrected chi connectivity index (χ2v) is 3.29. The van der Waals surface area contributed by atoms with Crippen LogP contribution in [-0.2, 0) is 0 Å². The van der Waals surface area contributed by atoms with Crippen LogP contribution in [-0.4, -0.2) is 25.8 Å². The summed E-state index contributed by atoms with van der Waals surface area (Å²) >= 11 is 0. The van der Waals surface area contributed by atoms with Crippen molar-refractivity contribution in [3.8, 4) is 17.9 Å². The number of hydrazone groups is 1. The topological polar surface area (TPSA) is 110 Å². The first-order chi connectivity index (χ1) is 9.15. The third kappa shape index (κ3) is 3.45. The van der Waals surface area contributed by atoms with E-state index >= 15 is 0 Å². The van der Waals surface area contributed by atoms with E-state index in [2.05, 4.69) is 15.8 Å². The van der Waals surface area contributed by atoms with Gasteiger partial charge in [-0.05, 0) is 18.2 Å². The molecule has 0 radical (unpaired) electrons. The summed E-state index contributed by atoms with van der Waals surface area (Å²) in [6.45, 7) is 0. The second-order valence-electron chi connectivity index (χ2n) is 3.29. The van der Waals surface area contributed by atoms with Crippen LogP contribution in [0.25, 0.3) is 0 Å². The fourth-order valence-corrected chi connectivity index (χ4v) is 1.29. The molecule has 0 saturated heterocycles. The minimum atomic E-state index is -0.315. The first-order valence-electron chi connectivity index (χ1n) is 5.20. The zero-order valence-corrected chi connectivity index (χ0v) is 10.4. The minimum absolute atomic E-state index is 0.308. The summed E-state index contributed by atoms with van der Waals surface area (Å²) in [4.78, 5) is 11.6. The Bertz CT molecular complexity index is 579. The van der Waals surface area contributed by atoms with Crippen molar-refractivity contribution in [1.82, 2.24) is 5.32 Å². The Morgan fingerprint density at radius 2 is 2.05 bits per heavy atom. The lowest BCUT2D eigenvalue weighted by atomic mass is 10.1. The number of anilines is 1. The van der Waals surface area contributed by atoms with Gasteiger partial charge >= 0.3 is 0 Å². The highest BCUT2D eigenvalue weighted by Crippen LogP contribution is 2.22. The fraction of sp³-hybridized carbons (Fsp3) is 0.167. The van der Waals surface area contributed by atoms with Gasteiger partial charge in [-0.25, -0.2) is 0 Å². The van der Waals surface area contributed by atoms with Crippen molar-refractivity contribution in [2.75, 3.05) is 19.6 Å². The molecule has 0 aromatic heterocycles. The van der Waals surface area contributed by atoms with Crippen molar-refractivity contribution in [2.24, 2.45) is 5.10 Å². The quantitative estimate of drug-likeness (QED) is 0.614. The highest BCUT2D eigenvalue weighted by molar-refractivity contribution is 6.10. The molecule has 1 aromatic rings. The van der Waals surface area contributed by atoms with Gasteiger partial charge in [-0.15, -0.1) is 0 Å². The van der Waals surface area contributed by atoms with Crippen LogP contribution < -0.4 is 15.5 Å². The van der Waals surface area contributed by atoms with Crippen LogP contribution >= 0.6 is 0 Å². The molecule has 96 valence electrons. The van der Waals surface area contributed by atoms with Gasteiger partial charge in [0.05, 0.1) is 18.4 Å². The normalized spacial score (nSPS) is 8.63. The predicted octanol–water partition coefficient (Wildman–Crippen LogP) is 0.870. The van der Waals surface area contributed by atoms with E-state index in [1.165, 1.54) is 20.2 Å². The van der Waals surface area contributed by atoms with Crippen molar-refractivity contribution in [1.29, 1.82) is 10.5 Å². The maximum Gasteiger partial charge on any atom is 0.254 e. The highest BCUT2D eigenvalue weighted by atomic mass is 16.5. The molecule has 0 aliphatic rings. The molecule has 7 nitrogen and oxygen atoms in total. The number of amides is 1.